The van der Waals surface area contributed by atoms with Gasteiger partial charge in [-0.05, 0) is 17.7 Å². The molecule has 0 aliphatic rings. The molecule has 2 aromatic carbocycles. The van der Waals surface area contributed by atoms with Gasteiger partial charge in [-0.25, -0.2) is 9.78 Å². The normalized spacial score (nSPS) is 11.0. The molecule has 118 valence electrons. The molecule has 0 saturated heterocycles. The quantitative estimate of drug-likeness (QED) is 0.607. The van der Waals surface area contributed by atoms with E-state index in [1.807, 2.05) is 49.8 Å². The van der Waals surface area contributed by atoms with Gasteiger partial charge in [0.2, 0.25) is 0 Å². The van der Waals surface area contributed by atoms with Gasteiger partial charge < -0.3 is 10.1 Å². The van der Waals surface area contributed by atoms with Crippen LogP contribution in [0.2, 0.25) is 0 Å². The largest absolute Gasteiger partial charge is 0.478 e. The number of aromatic nitrogens is 4. The van der Waals surface area contributed by atoms with Crippen LogP contribution < -0.4 is 0 Å². The van der Waals surface area contributed by atoms with Gasteiger partial charge in [0.15, 0.2) is 0 Å². The smallest absolute Gasteiger partial charge is 0.337 e. The highest BCUT2D eigenvalue weighted by molar-refractivity contribution is 6.01. The number of benzene rings is 2. The Morgan fingerprint density at radius 2 is 1.83 bits per heavy atom. The van der Waals surface area contributed by atoms with Crippen LogP contribution in [0.1, 0.15) is 10.4 Å². The van der Waals surface area contributed by atoms with E-state index < -0.39 is 5.97 Å². The van der Waals surface area contributed by atoms with Crippen LogP contribution in [0.25, 0.3) is 33.5 Å². The van der Waals surface area contributed by atoms with Gasteiger partial charge in [0.1, 0.15) is 11.3 Å². The molecule has 6 nitrogen and oxygen atoms in total. The van der Waals surface area contributed by atoms with Gasteiger partial charge in [-0.3, -0.25) is 4.68 Å². The lowest BCUT2D eigenvalue weighted by Gasteiger charge is -2.00. The van der Waals surface area contributed by atoms with E-state index in [-0.39, 0.29) is 5.56 Å². The zero-order chi connectivity index (χ0) is 16.7. The van der Waals surface area contributed by atoms with Crippen molar-refractivity contribution in [2.75, 3.05) is 0 Å². The zero-order valence-electron chi connectivity index (χ0n) is 12.9. The van der Waals surface area contributed by atoms with Crippen LogP contribution in [0.3, 0.4) is 0 Å². The summed E-state index contributed by atoms with van der Waals surface area (Å²) in [6.45, 7) is 0. The van der Waals surface area contributed by atoms with Crippen molar-refractivity contribution in [3.05, 3.63) is 60.4 Å². The number of nitrogens with one attached hydrogen (secondary N) is 1. The molecule has 0 atom stereocenters. The van der Waals surface area contributed by atoms with Crippen LogP contribution in [0.15, 0.2) is 54.9 Å². The lowest BCUT2D eigenvalue weighted by atomic mass is 10.1. The molecule has 0 spiro atoms. The maximum absolute atomic E-state index is 11.3. The lowest BCUT2D eigenvalue weighted by Crippen LogP contribution is -1.96. The van der Waals surface area contributed by atoms with E-state index in [0.29, 0.717) is 16.9 Å². The highest BCUT2D eigenvalue weighted by Crippen LogP contribution is 2.26. The van der Waals surface area contributed by atoms with Crippen molar-refractivity contribution in [3.8, 4) is 22.5 Å². The Kier molecular flexibility index (Phi) is 3.16. The van der Waals surface area contributed by atoms with Crippen LogP contribution in [0, 0.1) is 0 Å². The van der Waals surface area contributed by atoms with E-state index in [1.54, 1.807) is 16.8 Å². The third-order valence-corrected chi connectivity index (χ3v) is 3.94. The van der Waals surface area contributed by atoms with Crippen molar-refractivity contribution in [3.63, 3.8) is 0 Å². The van der Waals surface area contributed by atoms with Crippen molar-refractivity contribution in [2.45, 2.75) is 0 Å². The Morgan fingerprint density at radius 3 is 2.50 bits per heavy atom. The fourth-order valence-electron chi connectivity index (χ4n) is 2.73. The highest BCUT2D eigenvalue weighted by Gasteiger charge is 2.13. The molecular weight excluding hydrogens is 304 g/mol. The summed E-state index contributed by atoms with van der Waals surface area (Å²) in [7, 11) is 1.88. The van der Waals surface area contributed by atoms with Gasteiger partial charge >= 0.3 is 5.97 Å². The van der Waals surface area contributed by atoms with Crippen LogP contribution in [-0.4, -0.2) is 30.8 Å². The van der Waals surface area contributed by atoms with E-state index >= 15 is 0 Å². The molecule has 4 rings (SSSR count). The molecule has 4 aromatic rings. The zero-order valence-corrected chi connectivity index (χ0v) is 12.9. The topological polar surface area (TPSA) is 83.8 Å². The molecule has 2 N–H and O–H groups in total. The number of nitrogens with zero attached hydrogens (tertiary/aromatic N) is 3. The number of aromatic amines is 1. The number of aryl methyl sites for hydroxylation is 1. The van der Waals surface area contributed by atoms with Crippen LogP contribution in [0.4, 0.5) is 0 Å². The van der Waals surface area contributed by atoms with Crippen molar-refractivity contribution in [1.82, 2.24) is 19.7 Å². The summed E-state index contributed by atoms with van der Waals surface area (Å²) in [5.74, 6) is -0.331. The Hall–Kier alpha value is -3.41. The van der Waals surface area contributed by atoms with Crippen molar-refractivity contribution >= 4 is 17.0 Å². The average molecular weight is 318 g/mol. The molecule has 0 saturated carbocycles. The first-order chi connectivity index (χ1) is 11.6. The van der Waals surface area contributed by atoms with E-state index in [4.69, 9.17) is 0 Å². The predicted molar refractivity (Wildman–Crippen MR) is 90.7 cm³/mol. The molecule has 2 aromatic heterocycles. The van der Waals surface area contributed by atoms with E-state index in [9.17, 15) is 9.90 Å². The minimum absolute atomic E-state index is 0.196. The Morgan fingerprint density at radius 1 is 1.08 bits per heavy atom. The third-order valence-electron chi connectivity index (χ3n) is 3.94. The summed E-state index contributed by atoms with van der Waals surface area (Å²) in [6.07, 6.45) is 3.77. The number of carbonyl (C=O) groups is 1. The number of rotatable bonds is 3. The lowest BCUT2D eigenvalue weighted by molar-refractivity contribution is 0.0699. The molecule has 24 heavy (non-hydrogen) atoms. The van der Waals surface area contributed by atoms with E-state index in [1.165, 1.54) is 0 Å². The Bertz CT molecular complexity index is 1040. The Balaban J connectivity index is 1.75. The molecule has 0 amide bonds. The first-order valence-electron chi connectivity index (χ1n) is 7.43. The predicted octanol–water partition coefficient (Wildman–Crippen LogP) is 3.33. The van der Waals surface area contributed by atoms with Gasteiger partial charge in [-0.2, -0.15) is 5.10 Å². The average Bonchev–Trinajstić information content (AvgIpc) is 3.20. The summed E-state index contributed by atoms with van der Waals surface area (Å²) in [5.41, 5.74) is 4.38. The van der Waals surface area contributed by atoms with E-state index in [2.05, 4.69) is 15.1 Å². The second-order valence-electron chi connectivity index (χ2n) is 5.57. The standard InChI is InChI=1S/C18H14N4O2/c1-22-10-13(9-19-22)11-5-7-12(8-6-11)17-20-15-4-2-3-14(18(23)24)16(15)21-17/h2-10H,1H3,(H,20,21)(H,23,24). The summed E-state index contributed by atoms with van der Waals surface area (Å²) >= 11 is 0. The molecule has 0 bridgehead atoms. The number of aromatic carboxylic acids is 1. The number of hydrogen-bond acceptors (Lipinski definition) is 3. The molecule has 0 aliphatic heterocycles. The van der Waals surface area contributed by atoms with Crippen LogP contribution >= 0.6 is 0 Å². The van der Waals surface area contributed by atoms with Gasteiger partial charge in [0, 0.05) is 24.4 Å². The van der Waals surface area contributed by atoms with Crippen molar-refractivity contribution in [1.29, 1.82) is 0 Å². The molecule has 0 radical (unpaired) electrons. The Labute approximate surface area is 137 Å². The van der Waals surface area contributed by atoms with Crippen molar-refractivity contribution in [2.24, 2.45) is 7.05 Å². The van der Waals surface area contributed by atoms with Crippen LogP contribution in [0.5, 0.6) is 0 Å². The second-order valence-corrected chi connectivity index (χ2v) is 5.57. The number of hydrogen-bond donors (Lipinski definition) is 2. The fraction of sp³-hybridized carbons (Fsp3) is 0.0556. The van der Waals surface area contributed by atoms with Gasteiger partial charge in [-0.1, -0.05) is 30.3 Å². The van der Waals surface area contributed by atoms with Gasteiger partial charge in [0.25, 0.3) is 0 Å². The number of para-hydroxylation sites is 1. The maximum atomic E-state index is 11.3. The monoisotopic (exact) mass is 318 g/mol. The molecule has 2 heterocycles. The minimum atomic E-state index is -0.981. The number of imidazole rings is 1. The summed E-state index contributed by atoms with van der Waals surface area (Å²) in [4.78, 5) is 18.9. The number of fused-ring (bicyclic) bond motifs is 1. The highest BCUT2D eigenvalue weighted by atomic mass is 16.4. The first kappa shape index (κ1) is 14.2. The number of H-pyrrole nitrogens is 1. The molecule has 6 heteroatoms. The fourth-order valence-corrected chi connectivity index (χ4v) is 2.73. The van der Waals surface area contributed by atoms with Gasteiger partial charge in [0.05, 0.1) is 17.3 Å². The van der Waals surface area contributed by atoms with E-state index in [0.717, 1.165) is 16.7 Å². The summed E-state index contributed by atoms with van der Waals surface area (Å²) in [6, 6.07) is 13.0. The molecule has 0 unspecified atom stereocenters. The molecule has 0 fully saturated rings. The van der Waals surface area contributed by atoms with Crippen LogP contribution in [-0.2, 0) is 7.05 Å². The molecular formula is C18H14N4O2. The minimum Gasteiger partial charge on any atom is -0.478 e. The number of carboxylic acids is 1. The SMILES string of the molecule is Cn1cc(-c2ccc(-c3nc4c(C(=O)O)cccc4[nH]3)cc2)cn1. The van der Waals surface area contributed by atoms with Crippen molar-refractivity contribution < 1.29 is 9.90 Å². The second kappa shape index (κ2) is 5.34. The first-order valence-corrected chi connectivity index (χ1v) is 7.43. The maximum Gasteiger partial charge on any atom is 0.337 e. The number of carboxylic acid groups (broad SMARTS) is 1. The van der Waals surface area contributed by atoms with Gasteiger partial charge in [-0.15, -0.1) is 0 Å². The third kappa shape index (κ3) is 2.34. The summed E-state index contributed by atoms with van der Waals surface area (Å²) in [5, 5.41) is 13.4. The summed E-state index contributed by atoms with van der Waals surface area (Å²) < 4.78 is 1.76. The molecule has 0 aliphatic carbocycles.